The van der Waals surface area contributed by atoms with E-state index < -0.39 is 14.6 Å². The quantitative estimate of drug-likeness (QED) is 0.904. The summed E-state index contributed by atoms with van der Waals surface area (Å²) in [5.41, 5.74) is 0.0922. The fourth-order valence-corrected chi connectivity index (χ4v) is 4.06. The lowest BCUT2D eigenvalue weighted by Crippen LogP contribution is -2.44. The van der Waals surface area contributed by atoms with E-state index in [2.05, 4.69) is 38.2 Å². The molecule has 0 radical (unpaired) electrons. The smallest absolute Gasteiger partial charge is 0.154 e. The first-order valence-electron chi connectivity index (χ1n) is 6.94. The molecule has 0 aliphatic carbocycles. The highest BCUT2D eigenvalue weighted by Crippen LogP contribution is 2.38. The Hall–Kier alpha value is -0.390. The third-order valence-corrected chi connectivity index (χ3v) is 7.43. The molecule has 1 aromatic heterocycles. The lowest BCUT2D eigenvalue weighted by Gasteiger charge is -2.32. The van der Waals surface area contributed by atoms with E-state index in [-0.39, 0.29) is 11.5 Å². The van der Waals surface area contributed by atoms with Crippen molar-refractivity contribution < 1.29 is 8.42 Å². The molecule has 116 valence electrons. The van der Waals surface area contributed by atoms with E-state index in [0.717, 1.165) is 11.4 Å². The average Bonchev–Trinajstić information content (AvgIpc) is 2.72. The molecule has 0 saturated carbocycles. The fraction of sp³-hybridized carbons (Fsp3) is 0.733. The molecule has 3 nitrogen and oxygen atoms in total. The van der Waals surface area contributed by atoms with Gasteiger partial charge in [0.25, 0.3) is 0 Å². The molecule has 1 aromatic rings. The lowest BCUT2D eigenvalue weighted by molar-refractivity contribution is 0.433. The fourth-order valence-electron chi connectivity index (χ4n) is 2.02. The zero-order valence-corrected chi connectivity index (χ0v) is 15.2. The molecule has 0 saturated heterocycles. The van der Waals surface area contributed by atoms with Crippen LogP contribution in [0.2, 0.25) is 0 Å². The van der Waals surface area contributed by atoms with Gasteiger partial charge in [0.2, 0.25) is 0 Å². The maximum absolute atomic E-state index is 12.1. The molecule has 1 unspecified atom stereocenters. The van der Waals surface area contributed by atoms with Gasteiger partial charge in [-0.15, -0.1) is 11.3 Å². The first-order valence-corrected chi connectivity index (χ1v) is 9.65. The highest BCUT2D eigenvalue weighted by molar-refractivity contribution is 7.92. The van der Waals surface area contributed by atoms with Crippen LogP contribution in [0.25, 0.3) is 0 Å². The van der Waals surface area contributed by atoms with Gasteiger partial charge in [0.1, 0.15) is 0 Å². The maximum Gasteiger partial charge on any atom is 0.154 e. The molecule has 5 heteroatoms. The lowest BCUT2D eigenvalue weighted by atomic mass is 9.95. The SMILES string of the molecule is CCNC(c1ccc(C(C)(C)C)s1)C(C)(C)S(C)(=O)=O. The molecule has 1 rings (SSSR count). The Labute approximate surface area is 127 Å². The van der Waals surface area contributed by atoms with Gasteiger partial charge >= 0.3 is 0 Å². The topological polar surface area (TPSA) is 46.2 Å². The summed E-state index contributed by atoms with van der Waals surface area (Å²) in [4.78, 5) is 2.37. The van der Waals surface area contributed by atoms with Gasteiger partial charge in [0.05, 0.1) is 10.8 Å². The zero-order chi connectivity index (χ0) is 15.8. The van der Waals surface area contributed by atoms with E-state index in [1.54, 1.807) is 25.2 Å². The molecule has 0 bridgehead atoms. The van der Waals surface area contributed by atoms with Gasteiger partial charge in [-0.3, -0.25) is 0 Å². The first-order chi connectivity index (χ1) is 8.91. The summed E-state index contributed by atoms with van der Waals surface area (Å²) >= 11 is 1.70. The predicted molar refractivity (Wildman–Crippen MR) is 88.4 cm³/mol. The van der Waals surface area contributed by atoms with E-state index in [9.17, 15) is 8.42 Å². The van der Waals surface area contributed by atoms with Crippen molar-refractivity contribution in [3.63, 3.8) is 0 Å². The summed E-state index contributed by atoms with van der Waals surface area (Å²) in [5.74, 6) is 0. The Morgan fingerprint density at radius 3 is 2.10 bits per heavy atom. The van der Waals surface area contributed by atoms with Crippen LogP contribution in [0.4, 0.5) is 0 Å². The van der Waals surface area contributed by atoms with Crippen molar-refractivity contribution in [2.24, 2.45) is 0 Å². The van der Waals surface area contributed by atoms with Gasteiger partial charge in [-0.1, -0.05) is 27.7 Å². The number of sulfone groups is 1. The van der Waals surface area contributed by atoms with Crippen LogP contribution < -0.4 is 5.32 Å². The molecule has 1 heterocycles. The molecule has 0 aliphatic heterocycles. The molecule has 0 aromatic carbocycles. The minimum absolute atomic E-state index is 0.0922. The van der Waals surface area contributed by atoms with Crippen LogP contribution in [-0.2, 0) is 15.3 Å². The van der Waals surface area contributed by atoms with Crippen molar-refractivity contribution >= 4 is 21.2 Å². The Bertz CT molecular complexity index is 551. The molecular formula is C15H27NO2S2. The van der Waals surface area contributed by atoms with E-state index in [1.165, 1.54) is 11.1 Å². The summed E-state index contributed by atoms with van der Waals surface area (Å²) in [6.07, 6.45) is 1.32. The second-order valence-electron chi connectivity index (χ2n) is 6.82. The molecule has 0 fully saturated rings. The predicted octanol–water partition coefficient (Wildman–Crippen LogP) is 3.52. The van der Waals surface area contributed by atoms with Crippen molar-refractivity contribution in [2.45, 2.75) is 57.7 Å². The summed E-state index contributed by atoms with van der Waals surface area (Å²) < 4.78 is 23.4. The van der Waals surface area contributed by atoms with Crippen LogP contribution in [0.1, 0.15) is 57.3 Å². The van der Waals surface area contributed by atoms with Crippen LogP contribution >= 0.6 is 11.3 Å². The van der Waals surface area contributed by atoms with Crippen molar-refractivity contribution in [1.82, 2.24) is 5.32 Å². The van der Waals surface area contributed by atoms with Gasteiger partial charge in [0, 0.05) is 16.0 Å². The Morgan fingerprint density at radius 1 is 1.20 bits per heavy atom. The summed E-state index contributed by atoms with van der Waals surface area (Å²) in [6.45, 7) is 12.9. The minimum atomic E-state index is -3.15. The van der Waals surface area contributed by atoms with Crippen molar-refractivity contribution in [2.75, 3.05) is 12.8 Å². The standard InChI is InChI=1S/C15H27NO2S2/c1-8-16-13(15(5,6)20(7,17)18)11-9-10-12(19-11)14(2,3)4/h9-10,13,16H,8H2,1-7H3. The molecule has 20 heavy (non-hydrogen) atoms. The number of hydrogen-bond donors (Lipinski definition) is 1. The molecule has 1 N–H and O–H groups in total. The normalized spacial score (nSPS) is 15.3. The zero-order valence-electron chi connectivity index (χ0n) is 13.6. The van der Waals surface area contributed by atoms with Crippen molar-refractivity contribution in [1.29, 1.82) is 0 Å². The van der Waals surface area contributed by atoms with E-state index in [1.807, 2.05) is 6.92 Å². The molecule has 0 spiro atoms. The molecule has 0 aliphatic rings. The van der Waals surface area contributed by atoms with Crippen LogP contribution in [0, 0.1) is 0 Å². The number of thiophene rings is 1. The monoisotopic (exact) mass is 317 g/mol. The van der Waals surface area contributed by atoms with Gasteiger partial charge in [-0.2, -0.15) is 0 Å². The Kier molecular flexibility index (Phi) is 5.10. The first kappa shape index (κ1) is 17.7. The third-order valence-electron chi connectivity index (χ3n) is 3.71. The van der Waals surface area contributed by atoms with Gasteiger partial charge < -0.3 is 5.32 Å². The number of rotatable bonds is 5. The third kappa shape index (κ3) is 3.62. The van der Waals surface area contributed by atoms with Gasteiger partial charge in [-0.05, 0) is 37.9 Å². The van der Waals surface area contributed by atoms with Crippen LogP contribution in [0.3, 0.4) is 0 Å². The number of hydrogen-bond acceptors (Lipinski definition) is 4. The summed E-state index contributed by atoms with van der Waals surface area (Å²) in [5, 5.41) is 3.34. The largest absolute Gasteiger partial charge is 0.308 e. The highest BCUT2D eigenvalue weighted by Gasteiger charge is 2.40. The van der Waals surface area contributed by atoms with E-state index >= 15 is 0 Å². The second kappa shape index (κ2) is 5.78. The van der Waals surface area contributed by atoms with Gasteiger partial charge in [0.15, 0.2) is 9.84 Å². The van der Waals surface area contributed by atoms with Crippen molar-refractivity contribution in [3.8, 4) is 0 Å². The van der Waals surface area contributed by atoms with Crippen molar-refractivity contribution in [3.05, 3.63) is 21.9 Å². The molecular weight excluding hydrogens is 290 g/mol. The van der Waals surface area contributed by atoms with Crippen LogP contribution in [-0.4, -0.2) is 26.0 Å². The summed E-state index contributed by atoms with van der Waals surface area (Å²) in [7, 11) is -3.15. The van der Waals surface area contributed by atoms with E-state index in [0.29, 0.717) is 0 Å². The van der Waals surface area contributed by atoms with E-state index in [4.69, 9.17) is 0 Å². The van der Waals surface area contributed by atoms with Gasteiger partial charge in [-0.25, -0.2) is 8.42 Å². The Morgan fingerprint density at radius 2 is 1.75 bits per heavy atom. The van der Waals surface area contributed by atoms with Crippen LogP contribution in [0.15, 0.2) is 12.1 Å². The summed E-state index contributed by atoms with van der Waals surface area (Å²) in [6, 6.07) is 4.00. The average molecular weight is 318 g/mol. The molecule has 0 amide bonds. The number of nitrogens with one attached hydrogen (secondary N) is 1. The second-order valence-corrected chi connectivity index (χ2v) is 10.5. The minimum Gasteiger partial charge on any atom is -0.308 e. The highest BCUT2D eigenvalue weighted by atomic mass is 32.2. The Balaban J connectivity index is 3.25. The molecule has 1 atom stereocenters. The van der Waals surface area contributed by atoms with Crippen LogP contribution in [0.5, 0.6) is 0 Å². The maximum atomic E-state index is 12.1.